The van der Waals surface area contributed by atoms with Crippen molar-refractivity contribution in [3.05, 3.63) is 81.8 Å². The number of amides is 3. The normalized spacial score (nSPS) is 10.7. The van der Waals surface area contributed by atoms with E-state index < -0.39 is 11.8 Å². The topological polar surface area (TPSA) is 118 Å². The molecule has 0 saturated carbocycles. The van der Waals surface area contributed by atoms with Gasteiger partial charge in [-0.15, -0.1) is 0 Å². The number of anilines is 2. The van der Waals surface area contributed by atoms with Gasteiger partial charge in [0.2, 0.25) is 0 Å². The van der Waals surface area contributed by atoms with Gasteiger partial charge < -0.3 is 20.1 Å². The molecule has 3 rings (SSSR count). The second-order valence-corrected chi connectivity index (χ2v) is 9.61. The second kappa shape index (κ2) is 14.7. The Kier molecular flexibility index (Phi) is 11.1. The van der Waals surface area contributed by atoms with Crippen LogP contribution in [0.3, 0.4) is 0 Å². The van der Waals surface area contributed by atoms with Crippen molar-refractivity contribution in [3.63, 3.8) is 0 Å². The number of hydrazone groups is 1. The molecule has 3 aromatic rings. The van der Waals surface area contributed by atoms with Gasteiger partial charge in [-0.05, 0) is 86.0 Å². The van der Waals surface area contributed by atoms with Gasteiger partial charge in [0.25, 0.3) is 5.91 Å². The lowest BCUT2D eigenvalue weighted by molar-refractivity contribution is -0.136. The summed E-state index contributed by atoms with van der Waals surface area (Å²) in [5.41, 5.74) is 6.02. The van der Waals surface area contributed by atoms with Crippen LogP contribution in [-0.2, 0) is 14.4 Å². The van der Waals surface area contributed by atoms with Crippen LogP contribution in [0.4, 0.5) is 11.4 Å². The number of benzene rings is 3. The van der Waals surface area contributed by atoms with Gasteiger partial charge in [0, 0.05) is 21.4 Å². The zero-order valence-corrected chi connectivity index (χ0v) is 23.6. The summed E-state index contributed by atoms with van der Waals surface area (Å²) in [6.07, 6.45) is 3.32. The van der Waals surface area contributed by atoms with Gasteiger partial charge in [0.1, 0.15) is 11.5 Å². The number of carbonyl (C=O) groups excluding carboxylic acids is 3. The highest BCUT2D eigenvalue weighted by Gasteiger charge is 2.13. The molecule has 0 bridgehead atoms. The molecule has 0 aromatic heterocycles. The van der Waals surface area contributed by atoms with Crippen LogP contribution in [0, 0.1) is 13.8 Å². The minimum absolute atomic E-state index is 0.230. The molecule has 10 heteroatoms. The molecule has 0 atom stereocenters. The third-order valence-corrected chi connectivity index (χ3v) is 6.07. The van der Waals surface area contributed by atoms with Gasteiger partial charge in [-0.3, -0.25) is 14.4 Å². The van der Waals surface area contributed by atoms with E-state index in [2.05, 4.69) is 44.0 Å². The largest absolute Gasteiger partial charge is 0.494 e. The van der Waals surface area contributed by atoms with Crippen molar-refractivity contribution >= 4 is 51.2 Å². The first kappa shape index (κ1) is 29.4. The van der Waals surface area contributed by atoms with E-state index in [-0.39, 0.29) is 12.5 Å². The average Bonchev–Trinajstić information content (AvgIpc) is 2.91. The Bertz CT molecular complexity index is 1340. The van der Waals surface area contributed by atoms with Gasteiger partial charge in [-0.25, -0.2) is 5.43 Å². The summed E-state index contributed by atoms with van der Waals surface area (Å²) in [6, 6.07) is 17.5. The van der Waals surface area contributed by atoms with Gasteiger partial charge in [0.15, 0.2) is 6.61 Å². The van der Waals surface area contributed by atoms with E-state index in [1.807, 2.05) is 32.0 Å². The van der Waals surface area contributed by atoms with Crippen LogP contribution in [0.2, 0.25) is 0 Å². The summed E-state index contributed by atoms with van der Waals surface area (Å²) in [7, 11) is 0. The second-order valence-electron chi connectivity index (χ2n) is 8.70. The third kappa shape index (κ3) is 9.57. The molecule has 0 fully saturated rings. The van der Waals surface area contributed by atoms with Crippen LogP contribution in [-0.4, -0.2) is 37.1 Å². The van der Waals surface area contributed by atoms with Gasteiger partial charge in [-0.1, -0.05) is 35.3 Å². The molecule has 0 aliphatic carbocycles. The Morgan fingerprint density at radius 2 is 1.62 bits per heavy atom. The van der Waals surface area contributed by atoms with Crippen molar-refractivity contribution in [1.29, 1.82) is 0 Å². The first-order valence-electron chi connectivity index (χ1n) is 12.4. The smallest absolute Gasteiger partial charge is 0.329 e. The third-order valence-electron chi connectivity index (χ3n) is 5.58. The van der Waals surface area contributed by atoms with Crippen LogP contribution in [0.5, 0.6) is 11.5 Å². The summed E-state index contributed by atoms with van der Waals surface area (Å²) in [5, 5.41) is 9.18. The molecule has 3 aromatic carbocycles. The molecule has 204 valence electrons. The molecule has 39 heavy (non-hydrogen) atoms. The first-order valence-corrected chi connectivity index (χ1v) is 13.2. The Balaban J connectivity index is 1.52. The van der Waals surface area contributed by atoms with E-state index in [4.69, 9.17) is 9.47 Å². The van der Waals surface area contributed by atoms with Crippen molar-refractivity contribution in [3.8, 4) is 11.5 Å². The van der Waals surface area contributed by atoms with Gasteiger partial charge in [0.05, 0.1) is 12.8 Å². The van der Waals surface area contributed by atoms with E-state index in [1.54, 1.807) is 42.5 Å². The number of halogens is 1. The number of aryl methyl sites for hydroxylation is 2. The molecule has 3 N–H and O–H groups in total. The van der Waals surface area contributed by atoms with Gasteiger partial charge >= 0.3 is 11.8 Å². The highest BCUT2D eigenvalue weighted by atomic mass is 79.9. The molecule has 0 heterocycles. The summed E-state index contributed by atoms with van der Waals surface area (Å²) in [6.45, 7) is 6.44. The van der Waals surface area contributed by atoms with Crippen LogP contribution >= 0.6 is 15.9 Å². The predicted molar refractivity (Wildman–Crippen MR) is 155 cm³/mol. The molecule has 3 amide bonds. The van der Waals surface area contributed by atoms with E-state index in [0.29, 0.717) is 35.0 Å². The number of nitrogens with zero attached hydrogens (tertiary/aromatic N) is 1. The average molecular weight is 595 g/mol. The zero-order chi connectivity index (χ0) is 28.2. The lowest BCUT2D eigenvalue weighted by Gasteiger charge is -2.11. The molecule has 0 unspecified atom stereocenters. The quantitative estimate of drug-likeness (QED) is 0.120. The van der Waals surface area contributed by atoms with E-state index in [0.717, 1.165) is 28.4 Å². The summed E-state index contributed by atoms with van der Waals surface area (Å²) in [5.74, 6) is -1.09. The molecule has 0 aliphatic heterocycles. The van der Waals surface area contributed by atoms with Crippen LogP contribution in [0.1, 0.15) is 36.5 Å². The van der Waals surface area contributed by atoms with Crippen molar-refractivity contribution in [2.24, 2.45) is 5.10 Å². The molecular weight excluding hydrogens is 564 g/mol. The van der Waals surface area contributed by atoms with Crippen LogP contribution in [0.25, 0.3) is 0 Å². The summed E-state index contributed by atoms with van der Waals surface area (Å²) >= 11 is 3.38. The number of rotatable bonds is 11. The van der Waals surface area contributed by atoms with E-state index in [9.17, 15) is 14.4 Å². The van der Waals surface area contributed by atoms with Crippen molar-refractivity contribution in [2.75, 3.05) is 23.8 Å². The minimum atomic E-state index is -0.945. The molecule has 0 spiro atoms. The predicted octanol–water partition coefficient (Wildman–Crippen LogP) is 5.35. The standard InChI is InChI=1S/C29H31BrN4O5/c1-4-5-14-38-25-11-9-23(10-12-25)33-28(36)29(37)34-31-17-21-16-22(30)7-13-26(21)39-18-27(35)32-24-8-6-19(2)20(3)15-24/h6-13,15-17H,4-5,14,18H2,1-3H3,(H,32,35)(H,33,36)(H,34,37)/b31-17-. The number of unbranched alkanes of at least 4 members (excludes halogenated alkanes) is 1. The summed E-state index contributed by atoms with van der Waals surface area (Å²) in [4.78, 5) is 36.8. The van der Waals surface area contributed by atoms with Crippen LogP contribution in [0.15, 0.2) is 70.2 Å². The molecule has 9 nitrogen and oxygen atoms in total. The monoisotopic (exact) mass is 594 g/mol. The maximum atomic E-state index is 12.4. The fourth-order valence-electron chi connectivity index (χ4n) is 3.28. The Morgan fingerprint density at radius 1 is 0.872 bits per heavy atom. The van der Waals surface area contributed by atoms with Crippen molar-refractivity contribution in [2.45, 2.75) is 33.6 Å². The van der Waals surface area contributed by atoms with Crippen LogP contribution < -0.4 is 25.5 Å². The zero-order valence-electron chi connectivity index (χ0n) is 22.0. The lowest BCUT2D eigenvalue weighted by atomic mass is 10.1. The van der Waals surface area contributed by atoms with E-state index in [1.165, 1.54) is 6.21 Å². The van der Waals surface area contributed by atoms with E-state index >= 15 is 0 Å². The lowest BCUT2D eigenvalue weighted by Crippen LogP contribution is -2.32. The fraction of sp³-hybridized carbons (Fsp3) is 0.241. The number of carbonyl (C=O) groups is 3. The SMILES string of the molecule is CCCCOc1ccc(NC(=O)C(=O)N/N=C\c2cc(Br)ccc2OCC(=O)Nc2ccc(C)c(C)c2)cc1. The number of hydrogen-bond acceptors (Lipinski definition) is 6. The Labute approximate surface area is 236 Å². The molecule has 0 radical (unpaired) electrons. The van der Waals surface area contributed by atoms with Crippen molar-refractivity contribution < 1.29 is 23.9 Å². The molecular formula is C29H31BrN4O5. The Morgan fingerprint density at radius 3 is 2.33 bits per heavy atom. The van der Waals surface area contributed by atoms with Crippen molar-refractivity contribution in [1.82, 2.24) is 5.43 Å². The number of hydrogen-bond donors (Lipinski definition) is 3. The molecule has 0 aliphatic rings. The minimum Gasteiger partial charge on any atom is -0.494 e. The number of nitrogens with one attached hydrogen (secondary N) is 3. The Hall–Kier alpha value is -4.18. The first-order chi connectivity index (χ1) is 18.7. The maximum Gasteiger partial charge on any atom is 0.329 e. The van der Waals surface area contributed by atoms with Gasteiger partial charge in [-0.2, -0.15) is 5.10 Å². The fourth-order valence-corrected chi connectivity index (χ4v) is 3.66. The highest BCUT2D eigenvalue weighted by Crippen LogP contribution is 2.22. The maximum absolute atomic E-state index is 12.4. The summed E-state index contributed by atoms with van der Waals surface area (Å²) < 4.78 is 12.0. The number of ether oxygens (including phenoxy) is 2. The molecule has 0 saturated heterocycles. The highest BCUT2D eigenvalue weighted by molar-refractivity contribution is 9.10.